The molecule has 1 aliphatic heterocycles. The van der Waals surface area contributed by atoms with E-state index in [0.29, 0.717) is 12.4 Å². The quantitative estimate of drug-likeness (QED) is 0.828. The third-order valence-electron chi connectivity index (χ3n) is 2.55. The number of pyridine rings is 1. The van der Waals surface area contributed by atoms with Gasteiger partial charge in [-0.15, -0.1) is 0 Å². The van der Waals surface area contributed by atoms with Crippen molar-refractivity contribution in [2.24, 2.45) is 0 Å². The molecule has 2 heterocycles. The fourth-order valence-electron chi connectivity index (χ4n) is 1.71. The summed E-state index contributed by atoms with van der Waals surface area (Å²) in [6.07, 6.45) is 2.68. The first-order valence-electron chi connectivity index (χ1n) is 5.31. The molecule has 1 aliphatic rings. The molecule has 1 aromatic heterocycles. The lowest BCUT2D eigenvalue weighted by molar-refractivity contribution is 0.183. The first kappa shape index (κ1) is 10.7. The molecule has 2 amide bonds. The van der Waals surface area contributed by atoms with Crippen molar-refractivity contribution in [3.05, 3.63) is 23.9 Å². The first-order chi connectivity index (χ1) is 7.79. The Bertz CT molecular complexity index is 381. The van der Waals surface area contributed by atoms with Gasteiger partial charge in [0.1, 0.15) is 0 Å². The number of carbonyl (C=O) groups excluding carboxylic acids is 1. The lowest BCUT2D eigenvalue weighted by Crippen LogP contribution is -2.45. The summed E-state index contributed by atoms with van der Waals surface area (Å²) >= 11 is 0. The van der Waals surface area contributed by atoms with Gasteiger partial charge in [0.2, 0.25) is 5.88 Å². The Morgan fingerprint density at radius 2 is 2.50 bits per heavy atom. The molecule has 5 heteroatoms. The van der Waals surface area contributed by atoms with E-state index >= 15 is 0 Å². The Kier molecular flexibility index (Phi) is 3.24. The summed E-state index contributed by atoms with van der Waals surface area (Å²) in [4.78, 5) is 17.3. The third kappa shape index (κ3) is 2.42. The SMILES string of the molecule is COc1cc(CN2CCCNC2=O)ccn1. The number of ether oxygens (including phenoxy) is 1. The number of hydrogen-bond donors (Lipinski definition) is 1. The molecule has 0 spiro atoms. The maximum Gasteiger partial charge on any atom is 0.317 e. The molecule has 1 saturated heterocycles. The van der Waals surface area contributed by atoms with Crippen LogP contribution in [0.15, 0.2) is 18.3 Å². The second-order valence-corrected chi connectivity index (χ2v) is 3.71. The molecule has 1 fully saturated rings. The topological polar surface area (TPSA) is 54.5 Å². The largest absolute Gasteiger partial charge is 0.481 e. The fraction of sp³-hybridized carbons (Fsp3) is 0.455. The molecule has 5 nitrogen and oxygen atoms in total. The van der Waals surface area contributed by atoms with Gasteiger partial charge in [-0.3, -0.25) is 0 Å². The van der Waals surface area contributed by atoms with Crippen molar-refractivity contribution < 1.29 is 9.53 Å². The molecule has 0 atom stereocenters. The zero-order chi connectivity index (χ0) is 11.4. The Labute approximate surface area is 94.4 Å². The number of urea groups is 1. The van der Waals surface area contributed by atoms with Crippen molar-refractivity contribution in [2.45, 2.75) is 13.0 Å². The van der Waals surface area contributed by atoms with Gasteiger partial charge in [-0.25, -0.2) is 9.78 Å². The zero-order valence-corrected chi connectivity index (χ0v) is 9.27. The number of nitrogens with one attached hydrogen (secondary N) is 1. The molecular weight excluding hydrogens is 206 g/mol. The summed E-state index contributed by atoms with van der Waals surface area (Å²) in [7, 11) is 1.58. The highest BCUT2D eigenvalue weighted by Crippen LogP contribution is 2.12. The Balaban J connectivity index is 2.04. The minimum absolute atomic E-state index is 0.00188. The van der Waals surface area contributed by atoms with Crippen LogP contribution in [-0.2, 0) is 6.54 Å². The van der Waals surface area contributed by atoms with Crippen LogP contribution in [0.25, 0.3) is 0 Å². The van der Waals surface area contributed by atoms with Gasteiger partial charge in [0, 0.05) is 31.9 Å². The van der Waals surface area contributed by atoms with Gasteiger partial charge in [-0.1, -0.05) is 0 Å². The van der Waals surface area contributed by atoms with Crippen molar-refractivity contribution in [2.75, 3.05) is 20.2 Å². The van der Waals surface area contributed by atoms with Crippen LogP contribution in [0.4, 0.5) is 4.79 Å². The van der Waals surface area contributed by atoms with E-state index in [1.165, 1.54) is 0 Å². The maximum absolute atomic E-state index is 11.5. The van der Waals surface area contributed by atoms with Gasteiger partial charge in [-0.05, 0) is 18.1 Å². The van der Waals surface area contributed by atoms with E-state index in [2.05, 4.69) is 10.3 Å². The van der Waals surface area contributed by atoms with Crippen LogP contribution < -0.4 is 10.1 Å². The molecule has 0 aliphatic carbocycles. The van der Waals surface area contributed by atoms with Crippen molar-refractivity contribution in [1.29, 1.82) is 0 Å². The number of amides is 2. The third-order valence-corrected chi connectivity index (χ3v) is 2.55. The highest BCUT2D eigenvalue weighted by atomic mass is 16.5. The molecule has 16 heavy (non-hydrogen) atoms. The number of nitrogens with zero attached hydrogens (tertiary/aromatic N) is 2. The molecule has 86 valence electrons. The van der Waals surface area contributed by atoms with Crippen LogP contribution in [0.5, 0.6) is 5.88 Å². The van der Waals surface area contributed by atoms with E-state index in [1.54, 1.807) is 18.2 Å². The predicted molar refractivity (Wildman–Crippen MR) is 59.2 cm³/mol. The van der Waals surface area contributed by atoms with Gasteiger partial charge in [0.05, 0.1) is 7.11 Å². The molecule has 1 N–H and O–H groups in total. The first-order valence-corrected chi connectivity index (χ1v) is 5.31. The van der Waals surface area contributed by atoms with Crippen LogP contribution in [0.2, 0.25) is 0 Å². The summed E-state index contributed by atoms with van der Waals surface area (Å²) in [5.74, 6) is 0.579. The zero-order valence-electron chi connectivity index (χ0n) is 9.27. The Morgan fingerprint density at radius 1 is 1.62 bits per heavy atom. The summed E-state index contributed by atoms with van der Waals surface area (Å²) in [5.41, 5.74) is 1.03. The van der Waals surface area contributed by atoms with E-state index in [9.17, 15) is 4.79 Å². The molecule has 0 bridgehead atoms. The second kappa shape index (κ2) is 4.83. The van der Waals surface area contributed by atoms with Crippen molar-refractivity contribution in [1.82, 2.24) is 15.2 Å². The standard InChI is InChI=1S/C11H15N3O2/c1-16-10-7-9(3-5-12-10)8-14-6-2-4-13-11(14)15/h3,5,7H,2,4,6,8H2,1H3,(H,13,15). The lowest BCUT2D eigenvalue weighted by atomic mass is 10.2. The Morgan fingerprint density at radius 3 is 3.25 bits per heavy atom. The van der Waals surface area contributed by atoms with Gasteiger partial charge in [0.15, 0.2) is 0 Å². The summed E-state index contributed by atoms with van der Waals surface area (Å²) in [5, 5.41) is 2.82. The molecule has 1 aromatic rings. The summed E-state index contributed by atoms with van der Waals surface area (Å²) < 4.78 is 5.04. The number of hydrogen-bond acceptors (Lipinski definition) is 3. The van der Waals surface area contributed by atoms with Gasteiger partial charge >= 0.3 is 6.03 Å². The van der Waals surface area contributed by atoms with E-state index in [-0.39, 0.29) is 6.03 Å². The fourth-order valence-corrected chi connectivity index (χ4v) is 1.71. The van der Waals surface area contributed by atoms with Crippen molar-refractivity contribution >= 4 is 6.03 Å². The van der Waals surface area contributed by atoms with Crippen LogP contribution in [0.1, 0.15) is 12.0 Å². The molecule has 0 unspecified atom stereocenters. The maximum atomic E-state index is 11.5. The molecule has 0 aromatic carbocycles. The number of carbonyl (C=O) groups is 1. The highest BCUT2D eigenvalue weighted by molar-refractivity contribution is 5.74. The highest BCUT2D eigenvalue weighted by Gasteiger charge is 2.17. The van der Waals surface area contributed by atoms with E-state index < -0.39 is 0 Å². The van der Waals surface area contributed by atoms with Crippen molar-refractivity contribution in [3.63, 3.8) is 0 Å². The molecule has 2 rings (SSSR count). The van der Waals surface area contributed by atoms with Gasteiger partial charge < -0.3 is 15.0 Å². The summed E-state index contributed by atoms with van der Waals surface area (Å²) in [6, 6.07) is 3.74. The number of rotatable bonds is 3. The van der Waals surface area contributed by atoms with Gasteiger partial charge in [0.25, 0.3) is 0 Å². The van der Waals surface area contributed by atoms with E-state index in [0.717, 1.165) is 25.1 Å². The van der Waals surface area contributed by atoms with Crippen LogP contribution in [0, 0.1) is 0 Å². The number of methoxy groups -OCH3 is 1. The van der Waals surface area contributed by atoms with Gasteiger partial charge in [-0.2, -0.15) is 0 Å². The monoisotopic (exact) mass is 221 g/mol. The minimum atomic E-state index is 0.00188. The van der Waals surface area contributed by atoms with Crippen LogP contribution in [-0.4, -0.2) is 36.1 Å². The van der Waals surface area contributed by atoms with Crippen molar-refractivity contribution in [3.8, 4) is 5.88 Å². The average Bonchev–Trinajstić information content (AvgIpc) is 2.32. The smallest absolute Gasteiger partial charge is 0.317 e. The molecule has 0 radical (unpaired) electrons. The number of aromatic nitrogens is 1. The Hall–Kier alpha value is -1.78. The lowest BCUT2D eigenvalue weighted by Gasteiger charge is -2.27. The predicted octanol–water partition coefficient (Wildman–Crippen LogP) is 1.01. The minimum Gasteiger partial charge on any atom is -0.481 e. The van der Waals surface area contributed by atoms with Crippen LogP contribution >= 0.6 is 0 Å². The normalized spacial score (nSPS) is 15.8. The van der Waals surface area contributed by atoms with E-state index in [4.69, 9.17) is 4.74 Å². The second-order valence-electron chi connectivity index (χ2n) is 3.71. The van der Waals surface area contributed by atoms with Crippen LogP contribution in [0.3, 0.4) is 0 Å². The molecular formula is C11H15N3O2. The average molecular weight is 221 g/mol. The molecule has 0 saturated carbocycles. The summed E-state index contributed by atoms with van der Waals surface area (Å²) in [6.45, 7) is 2.18. The van der Waals surface area contributed by atoms with E-state index in [1.807, 2.05) is 12.1 Å².